The molecular formula is C14H16N2O5. The molecule has 7 heteroatoms. The van der Waals surface area contributed by atoms with Crippen LogP contribution in [0.1, 0.15) is 31.9 Å². The number of benzene rings is 1. The average molecular weight is 292 g/mol. The number of carboxylic acid groups (broad SMARTS) is 1. The second kappa shape index (κ2) is 5.17. The van der Waals surface area contributed by atoms with Crippen molar-refractivity contribution in [1.29, 1.82) is 0 Å². The molecule has 21 heavy (non-hydrogen) atoms. The van der Waals surface area contributed by atoms with Crippen LogP contribution >= 0.6 is 0 Å². The van der Waals surface area contributed by atoms with E-state index in [1.807, 2.05) is 0 Å². The van der Waals surface area contributed by atoms with E-state index in [0.29, 0.717) is 16.6 Å². The van der Waals surface area contributed by atoms with Crippen LogP contribution in [0.3, 0.4) is 0 Å². The molecule has 2 aromatic rings. The fraction of sp³-hybridized carbons (Fsp3) is 0.357. The zero-order valence-electron chi connectivity index (χ0n) is 11.6. The third-order valence-electron chi connectivity index (χ3n) is 3.41. The smallest absolute Gasteiger partial charge is 0.314 e. The molecule has 4 N–H and O–H groups in total. The third kappa shape index (κ3) is 3.03. The maximum atomic E-state index is 11.3. The SMILES string of the molecule is CC(C)(CC(O)c1ccc2[nH]c(=O)c(=O)[nH]c2c1)C(=O)O. The van der Waals surface area contributed by atoms with Gasteiger partial charge in [0.05, 0.1) is 22.6 Å². The van der Waals surface area contributed by atoms with Gasteiger partial charge in [0.15, 0.2) is 0 Å². The molecule has 0 saturated heterocycles. The molecule has 1 aromatic heterocycles. The number of fused-ring (bicyclic) bond motifs is 1. The van der Waals surface area contributed by atoms with Gasteiger partial charge in [0.25, 0.3) is 0 Å². The minimum absolute atomic E-state index is 0.0292. The van der Waals surface area contributed by atoms with Crippen LogP contribution in [0.15, 0.2) is 27.8 Å². The van der Waals surface area contributed by atoms with Crippen LogP contribution in [-0.4, -0.2) is 26.2 Å². The number of aliphatic carboxylic acids is 1. The first kappa shape index (κ1) is 15.0. The second-order valence-corrected chi connectivity index (χ2v) is 5.62. The van der Waals surface area contributed by atoms with Gasteiger partial charge in [0.2, 0.25) is 0 Å². The van der Waals surface area contributed by atoms with E-state index in [-0.39, 0.29) is 6.42 Å². The maximum Gasteiger partial charge on any atom is 0.314 e. The second-order valence-electron chi connectivity index (χ2n) is 5.62. The lowest BCUT2D eigenvalue weighted by atomic mass is 9.85. The van der Waals surface area contributed by atoms with Gasteiger partial charge >= 0.3 is 17.1 Å². The average Bonchev–Trinajstić information content (AvgIpc) is 2.38. The van der Waals surface area contributed by atoms with Gasteiger partial charge < -0.3 is 20.2 Å². The van der Waals surface area contributed by atoms with Gasteiger partial charge in [0, 0.05) is 0 Å². The molecule has 0 saturated carbocycles. The number of aliphatic hydroxyl groups is 1. The highest BCUT2D eigenvalue weighted by Crippen LogP contribution is 2.30. The Morgan fingerprint density at radius 2 is 1.76 bits per heavy atom. The van der Waals surface area contributed by atoms with Gasteiger partial charge in [0.1, 0.15) is 0 Å². The monoisotopic (exact) mass is 292 g/mol. The Labute approximate surface area is 119 Å². The van der Waals surface area contributed by atoms with E-state index in [2.05, 4.69) is 9.97 Å². The normalized spacial score (nSPS) is 13.3. The standard InChI is InChI=1S/C14H16N2O5/c1-14(2,13(20)21)6-10(17)7-3-4-8-9(5-7)16-12(19)11(18)15-8/h3-5,10,17H,6H2,1-2H3,(H,15,18)(H,16,19)(H,20,21). The molecule has 1 heterocycles. The van der Waals surface area contributed by atoms with E-state index in [4.69, 9.17) is 5.11 Å². The van der Waals surface area contributed by atoms with Gasteiger partial charge in [-0.25, -0.2) is 0 Å². The van der Waals surface area contributed by atoms with Gasteiger partial charge in [-0.2, -0.15) is 0 Å². The molecule has 0 radical (unpaired) electrons. The van der Waals surface area contributed by atoms with E-state index in [9.17, 15) is 19.5 Å². The minimum Gasteiger partial charge on any atom is -0.481 e. The molecule has 0 fully saturated rings. The zero-order chi connectivity index (χ0) is 15.8. The zero-order valence-corrected chi connectivity index (χ0v) is 11.6. The maximum absolute atomic E-state index is 11.3. The molecule has 1 unspecified atom stereocenters. The summed E-state index contributed by atoms with van der Waals surface area (Å²) in [6.07, 6.45) is -0.961. The lowest BCUT2D eigenvalue weighted by molar-refractivity contribution is -0.148. The topological polar surface area (TPSA) is 123 Å². The number of aromatic amines is 2. The van der Waals surface area contributed by atoms with Crippen LogP contribution in [0.25, 0.3) is 11.0 Å². The van der Waals surface area contributed by atoms with Crippen molar-refractivity contribution < 1.29 is 15.0 Å². The lowest BCUT2D eigenvalue weighted by Crippen LogP contribution is -2.29. The van der Waals surface area contributed by atoms with E-state index in [0.717, 1.165) is 0 Å². The Bertz CT molecular complexity index is 803. The highest BCUT2D eigenvalue weighted by Gasteiger charge is 2.30. The number of rotatable bonds is 4. The summed E-state index contributed by atoms with van der Waals surface area (Å²) in [4.78, 5) is 38.4. The first-order valence-corrected chi connectivity index (χ1v) is 6.38. The quantitative estimate of drug-likeness (QED) is 0.619. The molecule has 0 aliphatic heterocycles. The van der Waals surface area contributed by atoms with Crippen molar-refractivity contribution in [3.05, 3.63) is 44.5 Å². The van der Waals surface area contributed by atoms with E-state index >= 15 is 0 Å². The molecule has 112 valence electrons. The molecular weight excluding hydrogens is 276 g/mol. The van der Waals surface area contributed by atoms with Gasteiger partial charge in [-0.05, 0) is 38.0 Å². The highest BCUT2D eigenvalue weighted by molar-refractivity contribution is 5.75. The summed E-state index contributed by atoms with van der Waals surface area (Å²) in [6, 6.07) is 4.66. The third-order valence-corrected chi connectivity index (χ3v) is 3.41. The number of aliphatic hydroxyl groups excluding tert-OH is 1. The van der Waals surface area contributed by atoms with Crippen LogP contribution < -0.4 is 11.1 Å². The van der Waals surface area contributed by atoms with Crippen molar-refractivity contribution in [3.63, 3.8) is 0 Å². The number of carbonyl (C=O) groups is 1. The highest BCUT2D eigenvalue weighted by atomic mass is 16.4. The van der Waals surface area contributed by atoms with E-state index < -0.39 is 28.6 Å². The molecule has 7 nitrogen and oxygen atoms in total. The fourth-order valence-corrected chi connectivity index (χ4v) is 2.03. The molecule has 0 amide bonds. The van der Waals surface area contributed by atoms with Crippen LogP contribution in [0, 0.1) is 5.41 Å². The number of aromatic nitrogens is 2. The van der Waals surface area contributed by atoms with Crippen LogP contribution in [0.2, 0.25) is 0 Å². The molecule has 0 aliphatic rings. The predicted octanol–water partition coefficient (Wildman–Crippen LogP) is 0.751. The number of nitrogens with one attached hydrogen (secondary N) is 2. The van der Waals surface area contributed by atoms with Gasteiger partial charge in [-0.1, -0.05) is 6.07 Å². The molecule has 0 spiro atoms. The number of hydrogen-bond acceptors (Lipinski definition) is 4. The Morgan fingerprint density at radius 1 is 1.19 bits per heavy atom. The molecule has 0 aliphatic carbocycles. The van der Waals surface area contributed by atoms with Gasteiger partial charge in [-0.3, -0.25) is 14.4 Å². The van der Waals surface area contributed by atoms with Crippen molar-refractivity contribution in [2.45, 2.75) is 26.4 Å². The summed E-state index contributed by atoms with van der Waals surface area (Å²) in [5.74, 6) is -1.000. The fourth-order valence-electron chi connectivity index (χ4n) is 2.03. The lowest BCUT2D eigenvalue weighted by Gasteiger charge is -2.23. The van der Waals surface area contributed by atoms with Gasteiger partial charge in [-0.15, -0.1) is 0 Å². The van der Waals surface area contributed by atoms with Crippen LogP contribution in [0.5, 0.6) is 0 Å². The summed E-state index contributed by atoms with van der Waals surface area (Å²) in [5, 5.41) is 19.2. The van der Waals surface area contributed by atoms with E-state index in [1.165, 1.54) is 19.9 Å². The first-order chi connectivity index (χ1) is 9.70. The summed E-state index contributed by atoms with van der Waals surface area (Å²) in [6.45, 7) is 3.05. The summed E-state index contributed by atoms with van der Waals surface area (Å²) in [7, 11) is 0. The summed E-state index contributed by atoms with van der Waals surface area (Å²) in [5.41, 5.74) is -1.31. The van der Waals surface area contributed by atoms with Crippen molar-refractivity contribution >= 4 is 17.0 Å². The summed E-state index contributed by atoms with van der Waals surface area (Å²) >= 11 is 0. The minimum atomic E-state index is -1.08. The number of H-pyrrole nitrogens is 2. The molecule has 1 atom stereocenters. The number of carboxylic acids is 1. The van der Waals surface area contributed by atoms with E-state index in [1.54, 1.807) is 12.1 Å². The van der Waals surface area contributed by atoms with Crippen LogP contribution in [0.4, 0.5) is 0 Å². The Balaban J connectivity index is 2.39. The molecule has 2 rings (SSSR count). The van der Waals surface area contributed by atoms with Crippen molar-refractivity contribution in [2.75, 3.05) is 0 Å². The van der Waals surface area contributed by atoms with Crippen molar-refractivity contribution in [1.82, 2.24) is 9.97 Å². The van der Waals surface area contributed by atoms with Crippen molar-refractivity contribution in [2.24, 2.45) is 5.41 Å². The summed E-state index contributed by atoms with van der Waals surface area (Å²) < 4.78 is 0. The first-order valence-electron chi connectivity index (χ1n) is 6.38. The predicted molar refractivity (Wildman–Crippen MR) is 76.2 cm³/mol. The molecule has 1 aromatic carbocycles. The Hall–Kier alpha value is -2.41. The Kier molecular flexibility index (Phi) is 3.69. The Morgan fingerprint density at radius 3 is 2.33 bits per heavy atom. The van der Waals surface area contributed by atoms with Crippen LogP contribution in [-0.2, 0) is 4.79 Å². The number of hydrogen-bond donors (Lipinski definition) is 4. The van der Waals surface area contributed by atoms with Crippen molar-refractivity contribution in [3.8, 4) is 0 Å². The molecule has 0 bridgehead atoms. The largest absolute Gasteiger partial charge is 0.481 e.